The van der Waals surface area contributed by atoms with E-state index in [4.69, 9.17) is 4.52 Å². The predicted molar refractivity (Wildman–Crippen MR) is 80.6 cm³/mol. The third-order valence-corrected chi connectivity index (χ3v) is 4.39. The van der Waals surface area contributed by atoms with Gasteiger partial charge in [0.25, 0.3) is 5.91 Å². The molecule has 0 saturated carbocycles. The van der Waals surface area contributed by atoms with Crippen molar-refractivity contribution in [1.29, 1.82) is 0 Å². The molecule has 102 valence electrons. The number of carbonyl (C=O) groups excluding carboxylic acids is 1. The van der Waals surface area contributed by atoms with Crippen molar-refractivity contribution in [3.05, 3.63) is 35.7 Å². The molecule has 0 radical (unpaired) electrons. The number of fused-ring (bicyclic) bond motifs is 1. The van der Waals surface area contributed by atoms with Crippen LogP contribution in [0.1, 0.15) is 16.2 Å². The van der Waals surface area contributed by atoms with Crippen LogP contribution in [0.4, 0.5) is 5.13 Å². The van der Waals surface area contributed by atoms with E-state index in [9.17, 15) is 4.79 Å². The number of thiazole rings is 1. The maximum absolute atomic E-state index is 12.0. The minimum absolute atomic E-state index is 0.256. The van der Waals surface area contributed by atoms with Gasteiger partial charge in [-0.05, 0) is 25.3 Å². The molecule has 2 aromatic heterocycles. The number of amides is 1. The Balaban J connectivity index is 1.89. The topological polar surface area (TPSA) is 68.0 Å². The number of thioether (sulfide) groups is 1. The molecule has 1 amide bonds. The van der Waals surface area contributed by atoms with Crippen LogP contribution in [0.15, 0.2) is 33.7 Å². The molecule has 5 nitrogen and oxygen atoms in total. The summed E-state index contributed by atoms with van der Waals surface area (Å²) in [6, 6.07) is 7.58. The van der Waals surface area contributed by atoms with Gasteiger partial charge in [0.05, 0.1) is 10.2 Å². The summed E-state index contributed by atoms with van der Waals surface area (Å²) >= 11 is 3.08. The first-order chi connectivity index (χ1) is 9.67. The number of aryl methyl sites for hydroxylation is 1. The SMILES string of the molecule is CSc1cccc2sc(NC(=O)c3cc(C)on3)nc12. The standard InChI is InChI=1S/C13H11N3O2S2/c1-7-6-8(16-18-7)12(17)15-13-14-11-9(19-2)4-3-5-10(11)20-13/h3-6H,1-2H3,(H,14,15,17). The number of benzene rings is 1. The molecule has 20 heavy (non-hydrogen) atoms. The van der Waals surface area contributed by atoms with Crippen molar-refractivity contribution < 1.29 is 9.32 Å². The van der Waals surface area contributed by atoms with Gasteiger partial charge in [-0.25, -0.2) is 4.98 Å². The summed E-state index contributed by atoms with van der Waals surface area (Å²) < 4.78 is 5.93. The summed E-state index contributed by atoms with van der Waals surface area (Å²) in [7, 11) is 0. The first-order valence-corrected chi connectivity index (χ1v) is 7.89. The molecule has 0 bridgehead atoms. The third kappa shape index (κ3) is 2.41. The van der Waals surface area contributed by atoms with Crippen LogP contribution >= 0.6 is 23.1 Å². The molecular formula is C13H11N3O2S2. The largest absolute Gasteiger partial charge is 0.361 e. The van der Waals surface area contributed by atoms with Gasteiger partial charge >= 0.3 is 0 Å². The van der Waals surface area contributed by atoms with Gasteiger partial charge in [0.1, 0.15) is 5.76 Å². The Morgan fingerprint density at radius 2 is 2.30 bits per heavy atom. The average molecular weight is 305 g/mol. The first kappa shape index (κ1) is 13.1. The molecule has 1 N–H and O–H groups in total. The van der Waals surface area contributed by atoms with Gasteiger partial charge < -0.3 is 4.52 Å². The zero-order chi connectivity index (χ0) is 14.1. The summed E-state index contributed by atoms with van der Waals surface area (Å²) in [6.07, 6.45) is 2.00. The van der Waals surface area contributed by atoms with Gasteiger partial charge in [0, 0.05) is 11.0 Å². The van der Waals surface area contributed by atoms with Crippen LogP contribution in [0.2, 0.25) is 0 Å². The summed E-state index contributed by atoms with van der Waals surface area (Å²) in [5.74, 6) is 0.288. The lowest BCUT2D eigenvalue weighted by Gasteiger charge is -1.96. The van der Waals surface area contributed by atoms with Gasteiger partial charge in [-0.2, -0.15) is 0 Å². The van der Waals surface area contributed by atoms with Gasteiger partial charge in [-0.1, -0.05) is 22.6 Å². The highest BCUT2D eigenvalue weighted by molar-refractivity contribution is 7.98. The fraction of sp³-hybridized carbons (Fsp3) is 0.154. The van der Waals surface area contributed by atoms with Gasteiger partial charge in [-0.15, -0.1) is 11.8 Å². The second kappa shape index (κ2) is 5.26. The molecule has 0 saturated heterocycles. The van der Waals surface area contributed by atoms with Crippen LogP contribution in [-0.2, 0) is 0 Å². The smallest absolute Gasteiger partial charge is 0.279 e. The minimum atomic E-state index is -0.313. The lowest BCUT2D eigenvalue weighted by Crippen LogP contribution is -2.11. The van der Waals surface area contributed by atoms with Crippen LogP contribution < -0.4 is 5.32 Å². The fourth-order valence-electron chi connectivity index (χ4n) is 1.78. The maximum atomic E-state index is 12.0. The van der Waals surface area contributed by atoms with Crippen molar-refractivity contribution in [3.8, 4) is 0 Å². The van der Waals surface area contributed by atoms with E-state index in [-0.39, 0.29) is 11.6 Å². The Morgan fingerprint density at radius 3 is 3.00 bits per heavy atom. The third-order valence-electron chi connectivity index (χ3n) is 2.68. The molecule has 3 rings (SSSR count). The Morgan fingerprint density at radius 1 is 1.45 bits per heavy atom. The van der Waals surface area contributed by atoms with Crippen molar-refractivity contribution in [2.75, 3.05) is 11.6 Å². The first-order valence-electron chi connectivity index (χ1n) is 5.85. The van der Waals surface area contributed by atoms with Crippen LogP contribution in [0.3, 0.4) is 0 Å². The molecule has 3 aromatic rings. The van der Waals surface area contributed by atoms with Crippen molar-refractivity contribution in [3.63, 3.8) is 0 Å². The number of anilines is 1. The number of carbonyl (C=O) groups is 1. The molecule has 0 aliphatic heterocycles. The minimum Gasteiger partial charge on any atom is -0.361 e. The monoisotopic (exact) mass is 305 g/mol. The summed E-state index contributed by atoms with van der Waals surface area (Å²) in [5, 5.41) is 7.00. The molecule has 7 heteroatoms. The van der Waals surface area contributed by atoms with E-state index in [0.29, 0.717) is 10.9 Å². The lowest BCUT2D eigenvalue weighted by atomic mass is 10.3. The van der Waals surface area contributed by atoms with E-state index in [1.54, 1.807) is 24.8 Å². The average Bonchev–Trinajstić information content (AvgIpc) is 3.03. The number of hydrogen-bond acceptors (Lipinski definition) is 6. The highest BCUT2D eigenvalue weighted by Crippen LogP contribution is 2.32. The number of nitrogens with one attached hydrogen (secondary N) is 1. The van der Waals surface area contributed by atoms with E-state index in [2.05, 4.69) is 15.5 Å². The summed E-state index contributed by atoms with van der Waals surface area (Å²) in [5.41, 5.74) is 1.17. The van der Waals surface area contributed by atoms with E-state index in [1.165, 1.54) is 11.3 Å². The number of hydrogen-bond donors (Lipinski definition) is 1. The van der Waals surface area contributed by atoms with Gasteiger partial charge in [0.2, 0.25) is 0 Å². The number of nitrogens with zero attached hydrogens (tertiary/aromatic N) is 2. The van der Waals surface area contributed by atoms with Crippen LogP contribution in [0.25, 0.3) is 10.2 Å². The van der Waals surface area contributed by atoms with E-state index >= 15 is 0 Å². The number of aromatic nitrogens is 2. The molecule has 0 unspecified atom stereocenters. The second-order valence-electron chi connectivity index (χ2n) is 4.10. The Hall–Kier alpha value is -1.86. The van der Waals surface area contributed by atoms with Gasteiger partial charge in [-0.3, -0.25) is 10.1 Å². The summed E-state index contributed by atoms with van der Waals surface area (Å²) in [6.45, 7) is 1.74. The lowest BCUT2D eigenvalue weighted by molar-refractivity contribution is 0.101. The molecular weight excluding hydrogens is 294 g/mol. The Kier molecular flexibility index (Phi) is 3.45. The van der Waals surface area contributed by atoms with Crippen molar-refractivity contribution >= 4 is 44.4 Å². The van der Waals surface area contributed by atoms with Crippen molar-refractivity contribution in [2.45, 2.75) is 11.8 Å². The van der Waals surface area contributed by atoms with E-state index in [1.807, 2.05) is 24.5 Å². The molecule has 2 heterocycles. The highest BCUT2D eigenvalue weighted by Gasteiger charge is 2.14. The quantitative estimate of drug-likeness (QED) is 0.749. The predicted octanol–water partition coefficient (Wildman–Crippen LogP) is 3.57. The molecule has 0 fully saturated rings. The Labute approximate surface area is 123 Å². The van der Waals surface area contributed by atoms with E-state index < -0.39 is 0 Å². The van der Waals surface area contributed by atoms with Gasteiger partial charge in [0.15, 0.2) is 10.8 Å². The number of rotatable bonds is 3. The fourth-order valence-corrected chi connectivity index (χ4v) is 3.29. The maximum Gasteiger partial charge on any atom is 0.279 e. The number of para-hydroxylation sites is 1. The molecule has 0 aliphatic rings. The summed E-state index contributed by atoms with van der Waals surface area (Å²) in [4.78, 5) is 17.5. The normalized spacial score (nSPS) is 10.9. The van der Waals surface area contributed by atoms with Crippen molar-refractivity contribution in [1.82, 2.24) is 10.1 Å². The Bertz CT molecular complexity index is 779. The zero-order valence-corrected chi connectivity index (χ0v) is 12.5. The molecule has 1 aromatic carbocycles. The van der Waals surface area contributed by atoms with Crippen LogP contribution in [-0.4, -0.2) is 22.3 Å². The van der Waals surface area contributed by atoms with E-state index in [0.717, 1.165) is 15.1 Å². The van der Waals surface area contributed by atoms with Crippen molar-refractivity contribution in [2.24, 2.45) is 0 Å². The second-order valence-corrected chi connectivity index (χ2v) is 5.98. The van der Waals surface area contributed by atoms with Crippen LogP contribution in [0, 0.1) is 6.92 Å². The molecule has 0 aliphatic carbocycles. The highest BCUT2D eigenvalue weighted by atomic mass is 32.2. The molecule has 0 spiro atoms. The molecule has 0 atom stereocenters. The van der Waals surface area contributed by atoms with Crippen LogP contribution in [0.5, 0.6) is 0 Å². The zero-order valence-electron chi connectivity index (χ0n) is 10.8.